The molecule has 19 heavy (non-hydrogen) atoms. The highest BCUT2D eigenvalue weighted by Crippen LogP contribution is 2.39. The summed E-state index contributed by atoms with van der Waals surface area (Å²) < 4.78 is 1.32. The van der Waals surface area contributed by atoms with E-state index < -0.39 is 0 Å². The molecular formula is C16H26BrNS. The summed E-state index contributed by atoms with van der Waals surface area (Å²) in [5.41, 5.74) is 0. The molecule has 0 aromatic carbocycles. The van der Waals surface area contributed by atoms with Crippen molar-refractivity contribution in [2.75, 3.05) is 13.6 Å². The lowest BCUT2D eigenvalue weighted by atomic mass is 9.71. The molecule has 1 aliphatic rings. The van der Waals surface area contributed by atoms with Crippen LogP contribution in [-0.2, 0) is 6.42 Å². The van der Waals surface area contributed by atoms with Crippen molar-refractivity contribution in [3.8, 4) is 0 Å². The van der Waals surface area contributed by atoms with Gasteiger partial charge in [0.2, 0.25) is 0 Å². The van der Waals surface area contributed by atoms with Crippen LogP contribution in [0.2, 0.25) is 0 Å². The molecule has 3 unspecified atom stereocenters. The summed E-state index contributed by atoms with van der Waals surface area (Å²) in [6, 6.07) is 2.19. The van der Waals surface area contributed by atoms with Crippen LogP contribution in [0.4, 0.5) is 0 Å². The molecule has 1 saturated carbocycles. The van der Waals surface area contributed by atoms with Crippen LogP contribution >= 0.6 is 27.3 Å². The third-order valence-electron chi connectivity index (χ3n) is 4.55. The summed E-state index contributed by atoms with van der Waals surface area (Å²) in [5, 5.41) is 5.61. The molecule has 0 spiro atoms. The van der Waals surface area contributed by atoms with Crippen LogP contribution in [0.3, 0.4) is 0 Å². The van der Waals surface area contributed by atoms with Crippen molar-refractivity contribution in [3.63, 3.8) is 0 Å². The standard InChI is InChI=1S/C16H26BrNS/c1-3-4-12-5-6-13(11-18-2)14(9-12)10-16-15(17)7-8-19-16/h7-8,12-14,18H,3-6,9-11H2,1-2H3. The fraction of sp³-hybridized carbons (Fsp3) is 0.750. The molecule has 2 rings (SSSR count). The van der Waals surface area contributed by atoms with Crippen molar-refractivity contribution in [1.82, 2.24) is 5.32 Å². The van der Waals surface area contributed by atoms with Crippen molar-refractivity contribution in [3.05, 3.63) is 20.8 Å². The third-order valence-corrected chi connectivity index (χ3v) is 6.50. The fourth-order valence-corrected chi connectivity index (χ4v) is 5.19. The third kappa shape index (κ3) is 4.30. The minimum absolute atomic E-state index is 0.868. The molecule has 0 aliphatic heterocycles. The van der Waals surface area contributed by atoms with E-state index in [0.29, 0.717) is 0 Å². The number of rotatable bonds is 6. The highest BCUT2D eigenvalue weighted by atomic mass is 79.9. The first-order chi connectivity index (χ1) is 9.24. The molecule has 108 valence electrons. The van der Waals surface area contributed by atoms with E-state index in [1.165, 1.54) is 49.5 Å². The lowest BCUT2D eigenvalue weighted by Gasteiger charge is -2.36. The number of hydrogen-bond donors (Lipinski definition) is 1. The maximum absolute atomic E-state index is 3.69. The monoisotopic (exact) mass is 343 g/mol. The van der Waals surface area contributed by atoms with Gasteiger partial charge in [-0.05, 0) is 78.0 Å². The van der Waals surface area contributed by atoms with E-state index >= 15 is 0 Å². The minimum atomic E-state index is 0.868. The first-order valence-corrected chi connectivity index (χ1v) is 9.28. The zero-order valence-electron chi connectivity index (χ0n) is 12.1. The molecule has 1 aliphatic carbocycles. The predicted molar refractivity (Wildman–Crippen MR) is 88.9 cm³/mol. The zero-order valence-corrected chi connectivity index (χ0v) is 14.5. The number of halogens is 1. The topological polar surface area (TPSA) is 12.0 Å². The van der Waals surface area contributed by atoms with Crippen molar-refractivity contribution >= 4 is 27.3 Å². The Bertz CT molecular complexity index is 377. The van der Waals surface area contributed by atoms with Crippen molar-refractivity contribution < 1.29 is 0 Å². The van der Waals surface area contributed by atoms with Gasteiger partial charge in [0.25, 0.3) is 0 Å². The van der Waals surface area contributed by atoms with Gasteiger partial charge in [-0.15, -0.1) is 11.3 Å². The summed E-state index contributed by atoms with van der Waals surface area (Å²) >= 11 is 5.60. The summed E-state index contributed by atoms with van der Waals surface area (Å²) in [6.07, 6.45) is 8.34. The van der Waals surface area contributed by atoms with E-state index in [4.69, 9.17) is 0 Å². The fourth-order valence-electron chi connectivity index (χ4n) is 3.58. The quantitative estimate of drug-likeness (QED) is 0.757. The van der Waals surface area contributed by atoms with E-state index in [-0.39, 0.29) is 0 Å². The average Bonchev–Trinajstić information content (AvgIpc) is 2.79. The van der Waals surface area contributed by atoms with Gasteiger partial charge in [-0.3, -0.25) is 0 Å². The van der Waals surface area contributed by atoms with Gasteiger partial charge in [0.1, 0.15) is 0 Å². The Balaban J connectivity index is 2.00. The number of hydrogen-bond acceptors (Lipinski definition) is 2. The Morgan fingerprint density at radius 1 is 1.37 bits per heavy atom. The van der Waals surface area contributed by atoms with Crippen molar-refractivity contribution in [2.24, 2.45) is 17.8 Å². The summed E-state index contributed by atoms with van der Waals surface area (Å²) in [5.74, 6) is 2.71. The van der Waals surface area contributed by atoms with Crippen molar-refractivity contribution in [1.29, 1.82) is 0 Å². The van der Waals surface area contributed by atoms with Crippen LogP contribution in [0.15, 0.2) is 15.9 Å². The van der Waals surface area contributed by atoms with E-state index in [1.54, 1.807) is 4.88 Å². The predicted octanol–water partition coefficient (Wildman–Crippen LogP) is 5.11. The maximum atomic E-state index is 3.69. The molecule has 1 fully saturated rings. The van der Waals surface area contributed by atoms with E-state index in [2.05, 4.69) is 46.7 Å². The zero-order chi connectivity index (χ0) is 13.7. The first-order valence-electron chi connectivity index (χ1n) is 7.61. The van der Waals surface area contributed by atoms with Crippen LogP contribution in [0.5, 0.6) is 0 Å². The molecule has 1 nitrogen and oxygen atoms in total. The minimum Gasteiger partial charge on any atom is -0.319 e. The number of thiophene rings is 1. The SMILES string of the molecule is CCCC1CCC(CNC)C(Cc2sccc2Br)C1. The van der Waals surface area contributed by atoms with E-state index in [9.17, 15) is 0 Å². The van der Waals surface area contributed by atoms with Crippen LogP contribution < -0.4 is 5.32 Å². The van der Waals surface area contributed by atoms with Gasteiger partial charge in [-0.2, -0.15) is 0 Å². The highest BCUT2D eigenvalue weighted by Gasteiger charge is 2.30. The highest BCUT2D eigenvalue weighted by molar-refractivity contribution is 9.10. The lowest BCUT2D eigenvalue weighted by Crippen LogP contribution is -2.33. The molecule has 1 heterocycles. The summed E-state index contributed by atoms with van der Waals surface area (Å²) in [4.78, 5) is 1.54. The van der Waals surface area contributed by atoms with Gasteiger partial charge >= 0.3 is 0 Å². The van der Waals surface area contributed by atoms with Crippen molar-refractivity contribution in [2.45, 2.75) is 45.4 Å². The summed E-state index contributed by atoms with van der Waals surface area (Å²) in [7, 11) is 2.09. The van der Waals surface area contributed by atoms with Gasteiger partial charge in [0, 0.05) is 9.35 Å². The van der Waals surface area contributed by atoms with Crippen LogP contribution in [0.1, 0.15) is 43.9 Å². The Hall–Kier alpha value is 0.140. The first kappa shape index (κ1) is 15.5. The second kappa shape index (κ2) is 7.80. The molecule has 1 aromatic rings. The van der Waals surface area contributed by atoms with Gasteiger partial charge in [-0.25, -0.2) is 0 Å². The normalized spacial score (nSPS) is 27.6. The second-order valence-electron chi connectivity index (χ2n) is 5.94. The maximum Gasteiger partial charge on any atom is 0.0314 e. The Kier molecular flexibility index (Phi) is 6.37. The van der Waals surface area contributed by atoms with E-state index in [1.807, 2.05) is 11.3 Å². The van der Waals surface area contributed by atoms with Crippen LogP contribution in [-0.4, -0.2) is 13.6 Å². The smallest absolute Gasteiger partial charge is 0.0314 e. The molecule has 0 amide bonds. The van der Waals surface area contributed by atoms with Gasteiger partial charge in [0.05, 0.1) is 0 Å². The number of nitrogens with one attached hydrogen (secondary N) is 1. The Labute approximate surface area is 130 Å². The molecule has 0 radical (unpaired) electrons. The Morgan fingerprint density at radius 2 is 2.21 bits per heavy atom. The largest absolute Gasteiger partial charge is 0.319 e. The lowest BCUT2D eigenvalue weighted by molar-refractivity contribution is 0.170. The van der Waals surface area contributed by atoms with Crippen LogP contribution in [0, 0.1) is 17.8 Å². The Morgan fingerprint density at radius 3 is 2.84 bits per heavy atom. The molecule has 1 aromatic heterocycles. The van der Waals surface area contributed by atoms with E-state index in [0.717, 1.165) is 17.8 Å². The molecular weight excluding hydrogens is 318 g/mol. The second-order valence-corrected chi connectivity index (χ2v) is 7.80. The van der Waals surface area contributed by atoms with Gasteiger partial charge in [-0.1, -0.05) is 26.2 Å². The molecule has 0 bridgehead atoms. The van der Waals surface area contributed by atoms with Gasteiger partial charge < -0.3 is 5.32 Å². The summed E-state index contributed by atoms with van der Waals surface area (Å²) in [6.45, 7) is 3.51. The molecule has 1 N–H and O–H groups in total. The average molecular weight is 344 g/mol. The van der Waals surface area contributed by atoms with Crippen LogP contribution in [0.25, 0.3) is 0 Å². The molecule has 3 atom stereocenters. The molecule has 3 heteroatoms. The molecule has 0 saturated heterocycles. The van der Waals surface area contributed by atoms with Gasteiger partial charge in [0.15, 0.2) is 0 Å².